The molecular weight excluding hydrogens is 382 g/mol. The van der Waals surface area contributed by atoms with Crippen molar-refractivity contribution in [3.8, 4) is 5.69 Å². The van der Waals surface area contributed by atoms with E-state index in [4.69, 9.17) is 11.6 Å². The number of hydrogen-bond donors (Lipinski definition) is 0. The first kappa shape index (κ1) is 18.7. The van der Waals surface area contributed by atoms with Crippen LogP contribution in [0.15, 0.2) is 30.7 Å². The molecule has 27 heavy (non-hydrogen) atoms. The van der Waals surface area contributed by atoms with Crippen LogP contribution >= 0.6 is 11.6 Å². The summed E-state index contributed by atoms with van der Waals surface area (Å²) in [6.45, 7) is 0.964. The summed E-state index contributed by atoms with van der Waals surface area (Å²) in [6.07, 6.45) is 8.94. The van der Waals surface area contributed by atoms with E-state index in [2.05, 4.69) is 38.9 Å². The first-order chi connectivity index (χ1) is 13.0. The van der Waals surface area contributed by atoms with Crippen molar-refractivity contribution in [2.24, 2.45) is 7.05 Å². The van der Waals surface area contributed by atoms with Gasteiger partial charge in [-0.25, -0.2) is 4.98 Å². The lowest BCUT2D eigenvalue weighted by Crippen LogP contribution is -2.38. The average Bonchev–Trinajstić information content (AvgIpc) is 3.23. The minimum absolute atomic E-state index is 0.490. The zero-order valence-electron chi connectivity index (χ0n) is 15.6. The van der Waals surface area contributed by atoms with Gasteiger partial charge in [-0.1, -0.05) is 11.6 Å². The third kappa shape index (κ3) is 3.95. The highest BCUT2D eigenvalue weighted by Crippen LogP contribution is 2.26. The number of halogens is 1. The van der Waals surface area contributed by atoms with Crippen LogP contribution in [0, 0.1) is 0 Å². The third-order valence-electron chi connectivity index (χ3n) is 5.38. The number of rotatable bonds is 5. The lowest BCUT2D eigenvalue weighted by Gasteiger charge is -2.30. The smallest absolute Gasteiger partial charge is 0.146 e. The van der Waals surface area contributed by atoms with Gasteiger partial charge < -0.3 is 4.90 Å². The summed E-state index contributed by atoms with van der Waals surface area (Å²) in [6, 6.07) is 4.43. The van der Waals surface area contributed by atoms with Gasteiger partial charge in [0.05, 0.1) is 11.9 Å². The van der Waals surface area contributed by atoms with Crippen LogP contribution in [0.25, 0.3) is 16.7 Å². The predicted molar refractivity (Wildman–Crippen MR) is 110 cm³/mol. The van der Waals surface area contributed by atoms with Crippen molar-refractivity contribution in [1.82, 2.24) is 24.2 Å². The second-order valence-corrected chi connectivity index (χ2v) is 9.29. The molecule has 0 bridgehead atoms. The SMILES string of the molecule is CN(CCc1cn(-c2cnn(C)c2)c2nc(Cl)ccc12)C1CCS(=O)CC1. The van der Waals surface area contributed by atoms with Crippen molar-refractivity contribution in [1.29, 1.82) is 0 Å². The van der Waals surface area contributed by atoms with Gasteiger partial charge in [-0.05, 0) is 44.0 Å². The van der Waals surface area contributed by atoms with E-state index in [1.54, 1.807) is 4.68 Å². The molecule has 3 aromatic heterocycles. The van der Waals surface area contributed by atoms with Crippen molar-refractivity contribution in [2.45, 2.75) is 25.3 Å². The topological polar surface area (TPSA) is 56.0 Å². The van der Waals surface area contributed by atoms with E-state index in [-0.39, 0.29) is 0 Å². The molecule has 1 aliphatic heterocycles. The van der Waals surface area contributed by atoms with Gasteiger partial charge in [0.1, 0.15) is 10.8 Å². The van der Waals surface area contributed by atoms with Crippen molar-refractivity contribution in [3.63, 3.8) is 0 Å². The first-order valence-electron chi connectivity index (χ1n) is 9.22. The van der Waals surface area contributed by atoms with Gasteiger partial charge in [-0.3, -0.25) is 13.5 Å². The van der Waals surface area contributed by atoms with E-state index in [1.807, 2.05) is 25.5 Å². The fourth-order valence-corrected chi connectivity index (χ4v) is 5.19. The number of fused-ring (bicyclic) bond motifs is 1. The van der Waals surface area contributed by atoms with Gasteiger partial charge in [-0.2, -0.15) is 5.10 Å². The molecule has 0 amide bonds. The molecule has 0 saturated carbocycles. The number of pyridine rings is 1. The molecule has 0 aliphatic carbocycles. The molecule has 0 N–H and O–H groups in total. The second kappa shape index (κ2) is 7.73. The molecular formula is C19H24ClN5OS. The molecule has 4 heterocycles. The van der Waals surface area contributed by atoms with E-state index < -0.39 is 10.8 Å². The van der Waals surface area contributed by atoms with E-state index in [9.17, 15) is 4.21 Å². The quantitative estimate of drug-likeness (QED) is 0.612. The normalized spacial score (nSPS) is 20.6. The molecule has 0 unspecified atom stereocenters. The third-order valence-corrected chi connectivity index (χ3v) is 6.98. The molecule has 0 radical (unpaired) electrons. The Balaban J connectivity index is 1.57. The minimum Gasteiger partial charge on any atom is -0.303 e. The van der Waals surface area contributed by atoms with E-state index in [1.165, 1.54) is 5.56 Å². The van der Waals surface area contributed by atoms with Crippen molar-refractivity contribution in [2.75, 3.05) is 25.1 Å². The predicted octanol–water partition coefficient (Wildman–Crippen LogP) is 2.80. The number of nitrogens with zero attached hydrogens (tertiary/aromatic N) is 5. The van der Waals surface area contributed by atoms with Gasteiger partial charge in [0.25, 0.3) is 0 Å². The molecule has 8 heteroatoms. The van der Waals surface area contributed by atoms with Crippen LogP contribution in [0.5, 0.6) is 0 Å². The zero-order chi connectivity index (χ0) is 19.0. The highest BCUT2D eigenvalue weighted by atomic mass is 35.5. The summed E-state index contributed by atoms with van der Waals surface area (Å²) in [5, 5.41) is 5.89. The molecule has 3 aromatic rings. The number of hydrogen-bond acceptors (Lipinski definition) is 4. The van der Waals surface area contributed by atoms with Crippen LogP contribution in [0.1, 0.15) is 18.4 Å². The van der Waals surface area contributed by atoms with Crippen LogP contribution < -0.4 is 0 Å². The summed E-state index contributed by atoms with van der Waals surface area (Å²) >= 11 is 6.16. The Morgan fingerprint density at radius 1 is 1.30 bits per heavy atom. The Morgan fingerprint density at radius 3 is 2.78 bits per heavy atom. The van der Waals surface area contributed by atoms with Gasteiger partial charge in [0, 0.05) is 59.7 Å². The lowest BCUT2D eigenvalue weighted by molar-refractivity contribution is 0.231. The molecule has 144 valence electrons. The molecule has 1 saturated heterocycles. The van der Waals surface area contributed by atoms with Gasteiger partial charge in [-0.15, -0.1) is 0 Å². The number of likely N-dealkylation sites (N-methyl/N-ethyl adjacent to an activating group) is 1. The van der Waals surface area contributed by atoms with Gasteiger partial charge in [0.2, 0.25) is 0 Å². The van der Waals surface area contributed by atoms with Crippen molar-refractivity contribution in [3.05, 3.63) is 41.4 Å². The zero-order valence-corrected chi connectivity index (χ0v) is 17.2. The van der Waals surface area contributed by atoms with Crippen molar-refractivity contribution < 1.29 is 4.21 Å². The highest BCUT2D eigenvalue weighted by Gasteiger charge is 2.22. The first-order valence-corrected chi connectivity index (χ1v) is 11.1. The summed E-state index contributed by atoms with van der Waals surface area (Å²) < 4.78 is 15.4. The standard InChI is InChI=1S/C19H24ClN5OS/c1-23(15-6-9-27(26)10-7-15)8-5-14-12-25(16-11-21-24(2)13-16)19-17(14)3-4-18(20)22-19/h3-4,11-13,15H,5-10H2,1-2H3. The fraction of sp³-hybridized carbons (Fsp3) is 0.474. The molecule has 1 fully saturated rings. The number of aromatic nitrogens is 4. The van der Waals surface area contributed by atoms with E-state index >= 15 is 0 Å². The Kier molecular flexibility index (Phi) is 5.34. The summed E-state index contributed by atoms with van der Waals surface area (Å²) in [7, 11) is 3.47. The maximum absolute atomic E-state index is 11.6. The summed E-state index contributed by atoms with van der Waals surface area (Å²) in [5.74, 6) is 1.66. The van der Waals surface area contributed by atoms with Crippen molar-refractivity contribution >= 4 is 33.4 Å². The molecule has 0 atom stereocenters. The monoisotopic (exact) mass is 405 g/mol. The Labute approximate surface area is 166 Å². The molecule has 0 spiro atoms. The molecule has 4 rings (SSSR count). The lowest BCUT2D eigenvalue weighted by atomic mass is 10.1. The van der Waals surface area contributed by atoms with E-state index in [0.29, 0.717) is 11.2 Å². The maximum Gasteiger partial charge on any atom is 0.146 e. The highest BCUT2D eigenvalue weighted by molar-refractivity contribution is 7.85. The Bertz CT molecular complexity index is 972. The van der Waals surface area contributed by atoms with Gasteiger partial charge in [0.15, 0.2) is 0 Å². The Morgan fingerprint density at radius 2 is 2.07 bits per heavy atom. The maximum atomic E-state index is 11.6. The van der Waals surface area contributed by atoms with E-state index in [0.717, 1.165) is 54.0 Å². The largest absolute Gasteiger partial charge is 0.303 e. The average molecular weight is 406 g/mol. The number of aryl methyl sites for hydroxylation is 1. The Hall–Kier alpha value is -1.70. The van der Waals surface area contributed by atoms with Crippen LogP contribution in [0.3, 0.4) is 0 Å². The summed E-state index contributed by atoms with van der Waals surface area (Å²) in [4.78, 5) is 6.96. The fourth-order valence-electron chi connectivity index (χ4n) is 3.78. The summed E-state index contributed by atoms with van der Waals surface area (Å²) in [5.41, 5.74) is 3.09. The van der Waals surface area contributed by atoms with Crippen LogP contribution in [-0.2, 0) is 24.3 Å². The molecule has 0 aromatic carbocycles. The second-order valence-electron chi connectivity index (χ2n) is 7.21. The minimum atomic E-state index is -0.613. The molecule has 6 nitrogen and oxygen atoms in total. The van der Waals surface area contributed by atoms with Gasteiger partial charge >= 0.3 is 0 Å². The van der Waals surface area contributed by atoms with Crippen LogP contribution in [0.2, 0.25) is 5.15 Å². The van der Waals surface area contributed by atoms with Crippen LogP contribution in [0.4, 0.5) is 0 Å². The molecule has 1 aliphatic rings. The van der Waals surface area contributed by atoms with Crippen LogP contribution in [-0.4, -0.2) is 59.6 Å².